The summed E-state index contributed by atoms with van der Waals surface area (Å²) in [6, 6.07) is 1.85. The standard InChI is InChI=1S/C8H4FN3O4/c9-4-1-2-11-5(3-4)6(12(15)16)10-7(11)8(13)14/h1-3H,(H,13,14). The van der Waals surface area contributed by atoms with Gasteiger partial charge in [-0.3, -0.25) is 4.40 Å². The van der Waals surface area contributed by atoms with Crippen molar-refractivity contribution in [2.45, 2.75) is 0 Å². The molecule has 0 spiro atoms. The maximum atomic E-state index is 12.9. The topological polar surface area (TPSA) is 97.7 Å². The third-order valence-electron chi connectivity index (χ3n) is 1.95. The molecule has 2 aromatic heterocycles. The van der Waals surface area contributed by atoms with Crippen LogP contribution in [0.25, 0.3) is 5.52 Å². The molecule has 16 heavy (non-hydrogen) atoms. The molecule has 82 valence electrons. The lowest BCUT2D eigenvalue weighted by Gasteiger charge is -1.93. The van der Waals surface area contributed by atoms with Gasteiger partial charge in [-0.15, -0.1) is 0 Å². The Morgan fingerprint density at radius 3 is 2.88 bits per heavy atom. The second-order valence-electron chi connectivity index (χ2n) is 2.92. The van der Waals surface area contributed by atoms with Crippen molar-refractivity contribution in [1.29, 1.82) is 0 Å². The highest BCUT2D eigenvalue weighted by molar-refractivity contribution is 5.86. The number of hydrogen-bond donors (Lipinski definition) is 1. The highest BCUT2D eigenvalue weighted by Gasteiger charge is 2.26. The third-order valence-corrected chi connectivity index (χ3v) is 1.95. The van der Waals surface area contributed by atoms with Crippen molar-refractivity contribution in [2.24, 2.45) is 0 Å². The maximum absolute atomic E-state index is 12.9. The minimum Gasteiger partial charge on any atom is -0.474 e. The Labute approximate surface area is 86.9 Å². The number of pyridine rings is 1. The van der Waals surface area contributed by atoms with Crippen LogP contribution in [0.15, 0.2) is 18.3 Å². The molecule has 0 saturated heterocycles. The minimum atomic E-state index is -1.42. The summed E-state index contributed by atoms with van der Waals surface area (Å²) < 4.78 is 13.8. The van der Waals surface area contributed by atoms with Crippen LogP contribution in [-0.4, -0.2) is 25.4 Å². The molecule has 2 rings (SSSR count). The molecule has 0 radical (unpaired) electrons. The van der Waals surface area contributed by atoms with Crippen molar-refractivity contribution in [3.05, 3.63) is 40.1 Å². The van der Waals surface area contributed by atoms with Crippen LogP contribution in [0.1, 0.15) is 10.6 Å². The largest absolute Gasteiger partial charge is 0.474 e. The lowest BCUT2D eigenvalue weighted by Crippen LogP contribution is -2.03. The number of hydrogen-bond acceptors (Lipinski definition) is 4. The van der Waals surface area contributed by atoms with E-state index in [1.165, 1.54) is 0 Å². The molecule has 7 nitrogen and oxygen atoms in total. The van der Waals surface area contributed by atoms with E-state index in [2.05, 4.69) is 4.98 Å². The summed E-state index contributed by atoms with van der Waals surface area (Å²) in [5.74, 6) is -3.33. The molecule has 0 aromatic carbocycles. The van der Waals surface area contributed by atoms with E-state index in [1.54, 1.807) is 0 Å². The molecule has 0 aliphatic heterocycles. The van der Waals surface area contributed by atoms with Crippen LogP contribution in [0.5, 0.6) is 0 Å². The summed E-state index contributed by atoms with van der Waals surface area (Å²) in [4.78, 5) is 23.8. The fourth-order valence-corrected chi connectivity index (χ4v) is 1.33. The van der Waals surface area contributed by atoms with Gasteiger partial charge >= 0.3 is 17.6 Å². The van der Waals surface area contributed by atoms with Gasteiger partial charge < -0.3 is 15.2 Å². The molecule has 8 heteroatoms. The SMILES string of the molecule is O=C(O)c1nc([N+](=O)[O-])c2cc(F)ccn12. The number of nitro groups is 1. The van der Waals surface area contributed by atoms with E-state index in [-0.39, 0.29) is 5.52 Å². The van der Waals surface area contributed by atoms with Gasteiger partial charge in [0.05, 0.1) is 0 Å². The second kappa shape index (κ2) is 3.26. The first-order valence-corrected chi connectivity index (χ1v) is 4.06. The van der Waals surface area contributed by atoms with Crippen LogP contribution in [0.4, 0.5) is 10.2 Å². The summed E-state index contributed by atoms with van der Waals surface area (Å²) in [6.45, 7) is 0. The van der Waals surface area contributed by atoms with Gasteiger partial charge in [0.15, 0.2) is 5.52 Å². The summed E-state index contributed by atoms with van der Waals surface area (Å²) >= 11 is 0. The van der Waals surface area contributed by atoms with Gasteiger partial charge in [0.2, 0.25) is 0 Å². The molecular weight excluding hydrogens is 221 g/mol. The number of nitrogens with zero attached hydrogens (tertiary/aromatic N) is 3. The van der Waals surface area contributed by atoms with Crippen LogP contribution < -0.4 is 0 Å². The number of carboxylic acid groups (broad SMARTS) is 1. The number of fused-ring (bicyclic) bond motifs is 1. The number of rotatable bonds is 2. The second-order valence-corrected chi connectivity index (χ2v) is 2.92. The number of carboxylic acids is 1. The van der Waals surface area contributed by atoms with Crippen LogP contribution in [0, 0.1) is 15.9 Å². The van der Waals surface area contributed by atoms with Crippen molar-refractivity contribution in [1.82, 2.24) is 9.38 Å². The summed E-state index contributed by atoms with van der Waals surface area (Å²) in [5, 5.41) is 19.3. The molecule has 0 aliphatic rings. The van der Waals surface area contributed by atoms with E-state index in [1.807, 2.05) is 0 Å². The van der Waals surface area contributed by atoms with Crippen molar-refractivity contribution < 1.29 is 19.2 Å². The van der Waals surface area contributed by atoms with Crippen LogP contribution in [0.3, 0.4) is 0 Å². The average molecular weight is 225 g/mol. The highest BCUT2D eigenvalue weighted by Crippen LogP contribution is 2.21. The highest BCUT2D eigenvalue weighted by atomic mass is 19.1. The van der Waals surface area contributed by atoms with Crippen molar-refractivity contribution in [2.75, 3.05) is 0 Å². The van der Waals surface area contributed by atoms with Crippen LogP contribution in [0.2, 0.25) is 0 Å². The zero-order chi connectivity index (χ0) is 11.9. The third kappa shape index (κ3) is 1.36. The molecule has 0 atom stereocenters. The molecule has 2 heterocycles. The first-order chi connectivity index (χ1) is 7.50. The lowest BCUT2D eigenvalue weighted by molar-refractivity contribution is -0.387. The van der Waals surface area contributed by atoms with E-state index >= 15 is 0 Å². The molecule has 1 N–H and O–H groups in total. The smallest absolute Gasteiger partial charge is 0.399 e. The van der Waals surface area contributed by atoms with Crippen LogP contribution >= 0.6 is 0 Å². The Hall–Kier alpha value is -2.51. The molecule has 0 saturated carbocycles. The van der Waals surface area contributed by atoms with Crippen LogP contribution in [-0.2, 0) is 0 Å². The van der Waals surface area contributed by atoms with Gasteiger partial charge in [-0.25, -0.2) is 9.18 Å². The molecule has 0 unspecified atom stereocenters. The van der Waals surface area contributed by atoms with Crippen molar-refractivity contribution in [3.8, 4) is 0 Å². The Balaban J connectivity index is 2.87. The van der Waals surface area contributed by atoms with Gasteiger partial charge in [0, 0.05) is 12.3 Å². The first-order valence-electron chi connectivity index (χ1n) is 4.06. The Kier molecular flexibility index (Phi) is 2.04. The number of halogens is 1. The molecule has 0 fully saturated rings. The molecule has 0 aliphatic carbocycles. The minimum absolute atomic E-state index is 0.192. The van der Waals surface area contributed by atoms with Crippen molar-refractivity contribution >= 4 is 17.3 Å². The normalized spacial score (nSPS) is 10.6. The summed E-state index contributed by atoms with van der Waals surface area (Å²) in [7, 11) is 0. The van der Waals surface area contributed by atoms with Gasteiger partial charge in [-0.2, -0.15) is 0 Å². The fourth-order valence-electron chi connectivity index (χ4n) is 1.33. The molecular formula is C8H4FN3O4. The summed E-state index contributed by atoms with van der Waals surface area (Å²) in [5.41, 5.74) is -0.192. The maximum Gasteiger partial charge on any atom is 0.399 e. The zero-order valence-corrected chi connectivity index (χ0v) is 7.62. The van der Waals surface area contributed by atoms with E-state index in [0.717, 1.165) is 22.7 Å². The fraction of sp³-hybridized carbons (Fsp3) is 0. The number of aromatic nitrogens is 2. The van der Waals surface area contributed by atoms with E-state index in [4.69, 9.17) is 5.11 Å². The van der Waals surface area contributed by atoms with E-state index in [9.17, 15) is 19.3 Å². The van der Waals surface area contributed by atoms with Gasteiger partial charge in [0.1, 0.15) is 5.82 Å². The van der Waals surface area contributed by atoms with Gasteiger partial charge in [-0.1, -0.05) is 0 Å². The molecule has 0 bridgehead atoms. The first kappa shape index (κ1) is 10.0. The predicted octanol–water partition coefficient (Wildman–Crippen LogP) is 1.08. The Bertz CT molecular complexity index is 607. The molecule has 0 amide bonds. The monoisotopic (exact) mass is 225 g/mol. The average Bonchev–Trinajstić information content (AvgIpc) is 2.56. The van der Waals surface area contributed by atoms with Gasteiger partial charge in [-0.05, 0) is 16.0 Å². The number of imidazole rings is 1. The number of aromatic carboxylic acids is 1. The molecule has 2 aromatic rings. The summed E-state index contributed by atoms with van der Waals surface area (Å²) in [6.07, 6.45) is 1.08. The zero-order valence-electron chi connectivity index (χ0n) is 7.62. The Morgan fingerprint density at radius 1 is 1.62 bits per heavy atom. The lowest BCUT2D eigenvalue weighted by atomic mass is 10.4. The quantitative estimate of drug-likeness (QED) is 0.609. The van der Waals surface area contributed by atoms with Crippen molar-refractivity contribution in [3.63, 3.8) is 0 Å². The predicted molar refractivity (Wildman–Crippen MR) is 48.8 cm³/mol. The van der Waals surface area contributed by atoms with E-state index < -0.39 is 28.4 Å². The Morgan fingerprint density at radius 2 is 2.31 bits per heavy atom. The van der Waals surface area contributed by atoms with E-state index in [0.29, 0.717) is 0 Å². The number of carbonyl (C=O) groups is 1. The van der Waals surface area contributed by atoms with Gasteiger partial charge in [0.25, 0.3) is 0 Å².